The summed E-state index contributed by atoms with van der Waals surface area (Å²) in [5.74, 6) is -2.94. The van der Waals surface area contributed by atoms with E-state index in [1.165, 1.54) is 32.1 Å². The van der Waals surface area contributed by atoms with Gasteiger partial charge in [-0.15, -0.1) is 0 Å². The van der Waals surface area contributed by atoms with Crippen LogP contribution in [-0.4, -0.2) is 32.5 Å². The molecule has 0 saturated heterocycles. The molecule has 0 amide bonds. The van der Waals surface area contributed by atoms with Gasteiger partial charge in [0.15, 0.2) is 0 Å². The Morgan fingerprint density at radius 2 is 1.25 bits per heavy atom. The predicted octanol–water partition coefficient (Wildman–Crippen LogP) is 1.51. The molecule has 0 aliphatic carbocycles. The number of rotatable bonds is 10. The highest BCUT2D eigenvalue weighted by Gasteiger charge is 2.29. The van der Waals surface area contributed by atoms with Gasteiger partial charge in [-0.05, 0) is 6.42 Å². The third-order valence-corrected chi connectivity index (χ3v) is 2.78. The molecule has 0 rings (SSSR count). The smallest absolute Gasteiger partial charge is 0.302 e. The average molecular weight is 234 g/mol. The van der Waals surface area contributed by atoms with Gasteiger partial charge in [0.2, 0.25) is 0 Å². The second-order valence-electron chi connectivity index (χ2n) is 4.47. The largest absolute Gasteiger partial charge is 0.385 e. The molecule has 4 heteroatoms. The second kappa shape index (κ2) is 8.93. The molecule has 98 valence electrons. The van der Waals surface area contributed by atoms with Crippen molar-refractivity contribution in [3.8, 4) is 0 Å². The first-order chi connectivity index (χ1) is 7.48. The van der Waals surface area contributed by atoms with Crippen LogP contribution < -0.4 is 0 Å². The molecule has 0 aromatic heterocycles. The van der Waals surface area contributed by atoms with E-state index in [1.807, 2.05) is 0 Å². The Hall–Kier alpha value is -0.160. The molecule has 0 aromatic carbocycles. The van der Waals surface area contributed by atoms with Crippen LogP contribution in [0.25, 0.3) is 0 Å². The molecular formula is C12H26O4. The quantitative estimate of drug-likeness (QED) is 0.341. The summed E-state index contributed by atoms with van der Waals surface area (Å²) in [5.41, 5.74) is 0. The van der Waals surface area contributed by atoms with Crippen LogP contribution in [0.15, 0.2) is 0 Å². The average Bonchev–Trinajstić information content (AvgIpc) is 2.20. The Balaban J connectivity index is 3.21. The van der Waals surface area contributed by atoms with E-state index in [0.29, 0.717) is 6.42 Å². The van der Waals surface area contributed by atoms with E-state index in [9.17, 15) is 0 Å². The number of aliphatic hydroxyl groups excluding tert-OH is 1. The minimum Gasteiger partial charge on any atom is -0.385 e. The van der Waals surface area contributed by atoms with E-state index in [1.54, 1.807) is 0 Å². The molecule has 1 atom stereocenters. The molecule has 4 N–H and O–H groups in total. The molecule has 0 bridgehead atoms. The Morgan fingerprint density at radius 1 is 0.812 bits per heavy atom. The van der Waals surface area contributed by atoms with Crippen molar-refractivity contribution in [2.24, 2.45) is 0 Å². The summed E-state index contributed by atoms with van der Waals surface area (Å²) in [6, 6.07) is 0. The standard InChI is InChI=1S/C12H26O4/c1-2-3-4-5-6-7-8-9-10-11(13)12(14,15)16/h11,13-16H,2-10H2,1H3. The van der Waals surface area contributed by atoms with Crippen LogP contribution >= 0.6 is 0 Å². The van der Waals surface area contributed by atoms with Crippen LogP contribution in [0.5, 0.6) is 0 Å². The third kappa shape index (κ3) is 9.09. The van der Waals surface area contributed by atoms with Gasteiger partial charge in [0, 0.05) is 0 Å². The molecule has 1 unspecified atom stereocenters. The lowest BCUT2D eigenvalue weighted by atomic mass is 10.1. The van der Waals surface area contributed by atoms with E-state index >= 15 is 0 Å². The van der Waals surface area contributed by atoms with Crippen LogP contribution in [0.2, 0.25) is 0 Å². The van der Waals surface area contributed by atoms with Crippen molar-refractivity contribution in [1.29, 1.82) is 0 Å². The lowest BCUT2D eigenvalue weighted by Gasteiger charge is -2.20. The molecule has 0 fully saturated rings. The molecule has 16 heavy (non-hydrogen) atoms. The highest BCUT2D eigenvalue weighted by molar-refractivity contribution is 4.62. The molecule has 0 aliphatic heterocycles. The zero-order chi connectivity index (χ0) is 12.4. The van der Waals surface area contributed by atoms with Crippen molar-refractivity contribution >= 4 is 0 Å². The highest BCUT2D eigenvalue weighted by Crippen LogP contribution is 2.13. The first kappa shape index (κ1) is 15.8. The molecule has 0 radical (unpaired) electrons. The Morgan fingerprint density at radius 3 is 1.69 bits per heavy atom. The predicted molar refractivity (Wildman–Crippen MR) is 62.6 cm³/mol. The fourth-order valence-corrected chi connectivity index (χ4v) is 1.67. The Kier molecular flexibility index (Phi) is 8.84. The van der Waals surface area contributed by atoms with Gasteiger partial charge in [0.25, 0.3) is 0 Å². The van der Waals surface area contributed by atoms with E-state index < -0.39 is 12.1 Å². The van der Waals surface area contributed by atoms with Gasteiger partial charge in [0.05, 0.1) is 0 Å². The SMILES string of the molecule is CCCCCCCCCCC(O)C(O)(O)O. The van der Waals surface area contributed by atoms with Crippen molar-refractivity contribution in [3.05, 3.63) is 0 Å². The van der Waals surface area contributed by atoms with Gasteiger partial charge in [-0.2, -0.15) is 0 Å². The molecule has 0 spiro atoms. The van der Waals surface area contributed by atoms with Gasteiger partial charge in [-0.1, -0.05) is 58.3 Å². The maximum absolute atomic E-state index is 9.11. The van der Waals surface area contributed by atoms with E-state index in [2.05, 4.69) is 6.92 Å². The normalized spacial score (nSPS) is 14.1. The van der Waals surface area contributed by atoms with Crippen LogP contribution in [-0.2, 0) is 0 Å². The lowest BCUT2D eigenvalue weighted by molar-refractivity contribution is -0.355. The van der Waals surface area contributed by atoms with Gasteiger partial charge < -0.3 is 20.4 Å². The fraction of sp³-hybridized carbons (Fsp3) is 1.00. The van der Waals surface area contributed by atoms with Crippen LogP contribution in [0.4, 0.5) is 0 Å². The first-order valence-electron chi connectivity index (χ1n) is 6.33. The molecule has 0 aliphatic rings. The summed E-state index contributed by atoms with van der Waals surface area (Å²) in [7, 11) is 0. The zero-order valence-corrected chi connectivity index (χ0v) is 10.2. The van der Waals surface area contributed by atoms with Crippen molar-refractivity contribution in [2.45, 2.75) is 76.8 Å². The van der Waals surface area contributed by atoms with E-state index in [4.69, 9.17) is 20.4 Å². The molecule has 0 heterocycles. The Bertz CT molecular complexity index is 154. The zero-order valence-electron chi connectivity index (χ0n) is 10.2. The number of hydrogen-bond donors (Lipinski definition) is 4. The van der Waals surface area contributed by atoms with Gasteiger partial charge in [-0.25, -0.2) is 0 Å². The van der Waals surface area contributed by atoms with Crippen molar-refractivity contribution in [2.75, 3.05) is 0 Å². The molecular weight excluding hydrogens is 208 g/mol. The van der Waals surface area contributed by atoms with Gasteiger partial charge in [-0.3, -0.25) is 0 Å². The summed E-state index contributed by atoms with van der Waals surface area (Å²) in [6.45, 7) is 2.19. The second-order valence-corrected chi connectivity index (χ2v) is 4.47. The summed E-state index contributed by atoms with van der Waals surface area (Å²) < 4.78 is 0. The number of hydrogen-bond acceptors (Lipinski definition) is 4. The van der Waals surface area contributed by atoms with Crippen LogP contribution in [0.1, 0.15) is 64.7 Å². The lowest BCUT2D eigenvalue weighted by Crippen LogP contribution is -2.41. The topological polar surface area (TPSA) is 80.9 Å². The van der Waals surface area contributed by atoms with Crippen LogP contribution in [0.3, 0.4) is 0 Å². The number of unbranched alkanes of at least 4 members (excludes halogenated alkanes) is 7. The van der Waals surface area contributed by atoms with E-state index in [0.717, 1.165) is 12.8 Å². The van der Waals surface area contributed by atoms with Gasteiger partial charge >= 0.3 is 5.97 Å². The van der Waals surface area contributed by atoms with Crippen LogP contribution in [0, 0.1) is 0 Å². The van der Waals surface area contributed by atoms with Gasteiger partial charge in [0.1, 0.15) is 6.10 Å². The van der Waals surface area contributed by atoms with Crippen molar-refractivity contribution < 1.29 is 20.4 Å². The number of aliphatic hydroxyl groups is 4. The molecule has 4 nitrogen and oxygen atoms in total. The summed E-state index contributed by atoms with van der Waals surface area (Å²) in [6.07, 6.45) is 7.79. The Labute approximate surface area is 97.9 Å². The summed E-state index contributed by atoms with van der Waals surface area (Å²) >= 11 is 0. The van der Waals surface area contributed by atoms with E-state index in [-0.39, 0.29) is 6.42 Å². The fourth-order valence-electron chi connectivity index (χ4n) is 1.67. The summed E-state index contributed by atoms with van der Waals surface area (Å²) in [5, 5.41) is 35.0. The highest BCUT2D eigenvalue weighted by atomic mass is 16.7. The third-order valence-electron chi connectivity index (χ3n) is 2.78. The minimum atomic E-state index is -2.94. The maximum Gasteiger partial charge on any atom is 0.302 e. The van der Waals surface area contributed by atoms with Crippen molar-refractivity contribution in [3.63, 3.8) is 0 Å². The molecule has 0 aromatic rings. The molecule has 0 saturated carbocycles. The first-order valence-corrected chi connectivity index (χ1v) is 6.33. The monoisotopic (exact) mass is 234 g/mol. The maximum atomic E-state index is 9.11. The summed E-state index contributed by atoms with van der Waals surface area (Å²) in [4.78, 5) is 0. The van der Waals surface area contributed by atoms with Crippen molar-refractivity contribution in [1.82, 2.24) is 0 Å². The minimum absolute atomic E-state index is 0.221.